The van der Waals surface area contributed by atoms with Crippen LogP contribution in [0.25, 0.3) is 22.5 Å². The molecule has 0 unspecified atom stereocenters. The fraction of sp³-hybridized carbons (Fsp3) is 0.211. The molecule has 0 bridgehead atoms. The standard InChI is InChI=1S/C19H17ClF2N6O5S/c1-9-6-24-28(7-9)14-11(20)5-4-10-12(34(23,29)30)8-27(13(10)14)19-25-16(31-2)15(33-18(21)22)17(26-19)32-3/h4-8,18H,1-3H3,(H2,23,29,30). The molecule has 34 heavy (non-hydrogen) atoms. The van der Waals surface area contributed by atoms with Gasteiger partial charge in [-0.3, -0.25) is 4.57 Å². The third kappa shape index (κ3) is 4.10. The van der Waals surface area contributed by atoms with Crippen LogP contribution < -0.4 is 19.3 Å². The number of nitrogens with two attached hydrogens (primary N) is 1. The largest absolute Gasteiger partial charge is 0.478 e. The second-order valence-corrected chi connectivity index (χ2v) is 8.85. The smallest absolute Gasteiger partial charge is 0.387 e. The van der Waals surface area contributed by atoms with Crippen molar-refractivity contribution in [2.24, 2.45) is 5.14 Å². The fourth-order valence-electron chi connectivity index (χ4n) is 3.36. The van der Waals surface area contributed by atoms with E-state index < -0.39 is 22.4 Å². The van der Waals surface area contributed by atoms with Gasteiger partial charge in [0, 0.05) is 17.8 Å². The molecule has 0 saturated heterocycles. The molecular weight excluding hydrogens is 498 g/mol. The van der Waals surface area contributed by atoms with Gasteiger partial charge in [0.15, 0.2) is 0 Å². The Kier molecular flexibility index (Phi) is 6.05. The monoisotopic (exact) mass is 514 g/mol. The highest BCUT2D eigenvalue weighted by Gasteiger charge is 2.27. The van der Waals surface area contributed by atoms with Crippen molar-refractivity contribution in [3.05, 3.63) is 41.3 Å². The molecule has 15 heteroatoms. The molecule has 4 aromatic rings. The van der Waals surface area contributed by atoms with E-state index in [1.54, 1.807) is 12.4 Å². The maximum Gasteiger partial charge on any atom is 0.387 e. The van der Waals surface area contributed by atoms with E-state index >= 15 is 0 Å². The molecule has 2 N–H and O–H groups in total. The minimum atomic E-state index is -4.21. The van der Waals surface area contributed by atoms with Crippen molar-refractivity contribution in [2.45, 2.75) is 18.4 Å². The third-order valence-corrected chi connectivity index (χ3v) is 5.95. The molecule has 0 aliphatic heterocycles. The van der Waals surface area contributed by atoms with Gasteiger partial charge in [-0.05, 0) is 24.6 Å². The molecule has 0 aliphatic carbocycles. The van der Waals surface area contributed by atoms with Crippen LogP contribution in [0.15, 0.2) is 35.6 Å². The summed E-state index contributed by atoms with van der Waals surface area (Å²) in [7, 11) is -1.85. The zero-order chi connectivity index (χ0) is 24.8. The van der Waals surface area contributed by atoms with Crippen LogP contribution in [0.4, 0.5) is 8.78 Å². The molecule has 0 saturated carbocycles. The number of methoxy groups -OCH3 is 2. The van der Waals surface area contributed by atoms with Gasteiger partial charge in [-0.2, -0.15) is 23.8 Å². The molecule has 1 aromatic carbocycles. The van der Waals surface area contributed by atoms with E-state index in [0.717, 1.165) is 5.56 Å². The minimum absolute atomic E-state index is 0.192. The van der Waals surface area contributed by atoms with Crippen molar-refractivity contribution in [1.82, 2.24) is 24.3 Å². The Hall–Kier alpha value is -3.49. The van der Waals surface area contributed by atoms with E-state index in [1.807, 2.05) is 6.92 Å². The van der Waals surface area contributed by atoms with Crippen LogP contribution in [-0.4, -0.2) is 53.6 Å². The Bertz CT molecular complexity index is 1480. The normalized spacial score (nSPS) is 11.9. The lowest BCUT2D eigenvalue weighted by Crippen LogP contribution is -2.12. The Balaban J connectivity index is 2.12. The number of hydrogen-bond acceptors (Lipinski definition) is 8. The maximum absolute atomic E-state index is 12.9. The lowest BCUT2D eigenvalue weighted by Gasteiger charge is -2.15. The topological polar surface area (TPSA) is 136 Å². The number of primary sulfonamides is 1. The van der Waals surface area contributed by atoms with Crippen LogP contribution >= 0.6 is 11.6 Å². The van der Waals surface area contributed by atoms with Crippen LogP contribution in [0.3, 0.4) is 0 Å². The van der Waals surface area contributed by atoms with Crippen molar-refractivity contribution in [3.8, 4) is 29.1 Å². The zero-order valence-corrected chi connectivity index (χ0v) is 19.4. The summed E-state index contributed by atoms with van der Waals surface area (Å²) in [4.78, 5) is 7.99. The van der Waals surface area contributed by atoms with E-state index in [-0.39, 0.29) is 38.5 Å². The highest BCUT2D eigenvalue weighted by molar-refractivity contribution is 7.89. The van der Waals surface area contributed by atoms with E-state index in [9.17, 15) is 17.2 Å². The van der Waals surface area contributed by atoms with Gasteiger partial charge in [0.1, 0.15) is 10.6 Å². The average Bonchev–Trinajstić information content (AvgIpc) is 3.37. The number of alkyl halides is 2. The maximum atomic E-state index is 12.9. The number of aryl methyl sites for hydroxylation is 1. The van der Waals surface area contributed by atoms with Gasteiger partial charge < -0.3 is 14.2 Å². The molecule has 3 aromatic heterocycles. The number of halogens is 3. The molecule has 0 fully saturated rings. The Morgan fingerprint density at radius 3 is 2.26 bits per heavy atom. The summed E-state index contributed by atoms with van der Waals surface area (Å²) in [5.41, 5.74) is 1.34. The summed E-state index contributed by atoms with van der Waals surface area (Å²) < 4.78 is 67.9. The van der Waals surface area contributed by atoms with Gasteiger partial charge in [-0.25, -0.2) is 18.2 Å². The van der Waals surface area contributed by atoms with Crippen molar-refractivity contribution >= 4 is 32.5 Å². The third-order valence-electron chi connectivity index (χ3n) is 4.70. The summed E-state index contributed by atoms with van der Waals surface area (Å²) >= 11 is 6.48. The highest BCUT2D eigenvalue weighted by Crippen LogP contribution is 2.39. The summed E-state index contributed by atoms with van der Waals surface area (Å²) in [6.07, 6.45) is 4.44. The van der Waals surface area contributed by atoms with E-state index in [1.165, 1.54) is 41.8 Å². The van der Waals surface area contributed by atoms with Crippen LogP contribution in [0.5, 0.6) is 17.5 Å². The number of sulfonamides is 1. The second kappa shape index (κ2) is 8.70. The first-order valence-electron chi connectivity index (χ1n) is 9.38. The summed E-state index contributed by atoms with van der Waals surface area (Å²) in [5, 5.41) is 10.1. The molecule has 180 valence electrons. The summed E-state index contributed by atoms with van der Waals surface area (Å²) in [6, 6.07) is 2.97. The SMILES string of the molecule is COc1nc(-n2cc(S(N)(=O)=O)c3ccc(Cl)c(-n4cc(C)cn4)c32)nc(OC)c1OC(F)F. The van der Waals surface area contributed by atoms with Gasteiger partial charge in [-0.15, -0.1) is 0 Å². The van der Waals surface area contributed by atoms with Gasteiger partial charge >= 0.3 is 6.61 Å². The van der Waals surface area contributed by atoms with E-state index in [4.69, 9.17) is 26.2 Å². The van der Waals surface area contributed by atoms with Crippen LogP contribution in [-0.2, 0) is 10.0 Å². The number of rotatable bonds is 7. The number of hydrogen-bond donors (Lipinski definition) is 1. The predicted molar refractivity (Wildman–Crippen MR) is 117 cm³/mol. The van der Waals surface area contributed by atoms with Crippen LogP contribution in [0.2, 0.25) is 5.02 Å². The van der Waals surface area contributed by atoms with Crippen molar-refractivity contribution in [1.29, 1.82) is 0 Å². The number of benzene rings is 1. The van der Waals surface area contributed by atoms with E-state index in [0.29, 0.717) is 5.69 Å². The van der Waals surface area contributed by atoms with Gasteiger partial charge in [0.05, 0.1) is 31.0 Å². The first-order chi connectivity index (χ1) is 16.0. The van der Waals surface area contributed by atoms with Crippen molar-refractivity contribution in [2.75, 3.05) is 14.2 Å². The predicted octanol–water partition coefficient (Wildman–Crippen LogP) is 2.83. The molecule has 0 spiro atoms. The Morgan fingerprint density at radius 1 is 1.12 bits per heavy atom. The molecule has 0 radical (unpaired) electrons. The summed E-state index contributed by atoms with van der Waals surface area (Å²) in [6.45, 7) is -1.39. The van der Waals surface area contributed by atoms with Crippen LogP contribution in [0.1, 0.15) is 5.56 Å². The molecule has 0 atom stereocenters. The first kappa shape index (κ1) is 23.7. The number of nitrogens with zero attached hydrogens (tertiary/aromatic N) is 5. The molecule has 0 amide bonds. The molecule has 0 aliphatic rings. The average molecular weight is 515 g/mol. The second-order valence-electron chi connectivity index (χ2n) is 6.91. The van der Waals surface area contributed by atoms with Crippen LogP contribution in [0, 0.1) is 6.92 Å². The lowest BCUT2D eigenvalue weighted by molar-refractivity contribution is -0.0534. The fourth-order valence-corrected chi connectivity index (χ4v) is 4.32. The van der Waals surface area contributed by atoms with E-state index in [2.05, 4.69) is 19.8 Å². The quantitative estimate of drug-likeness (QED) is 0.397. The van der Waals surface area contributed by atoms with Gasteiger partial charge in [0.2, 0.25) is 21.7 Å². The zero-order valence-electron chi connectivity index (χ0n) is 17.9. The number of ether oxygens (including phenoxy) is 3. The number of aromatic nitrogens is 5. The van der Waals surface area contributed by atoms with Gasteiger partial charge in [-0.1, -0.05) is 11.6 Å². The Labute approximate surface area is 196 Å². The molecule has 11 nitrogen and oxygen atoms in total. The molecule has 3 heterocycles. The minimum Gasteiger partial charge on any atom is -0.478 e. The molecular formula is C19H17ClF2N6O5S. The summed E-state index contributed by atoms with van der Waals surface area (Å²) in [5.74, 6) is -1.48. The molecule has 4 rings (SSSR count). The van der Waals surface area contributed by atoms with Gasteiger partial charge in [0.25, 0.3) is 11.8 Å². The Morgan fingerprint density at radius 2 is 1.76 bits per heavy atom. The highest BCUT2D eigenvalue weighted by atomic mass is 35.5. The lowest BCUT2D eigenvalue weighted by atomic mass is 10.2. The van der Waals surface area contributed by atoms with Crippen molar-refractivity contribution in [3.63, 3.8) is 0 Å². The first-order valence-corrected chi connectivity index (χ1v) is 11.3. The van der Waals surface area contributed by atoms with Crippen molar-refractivity contribution < 1.29 is 31.4 Å². The number of fused-ring (bicyclic) bond motifs is 1.